The van der Waals surface area contributed by atoms with Crippen molar-refractivity contribution in [3.8, 4) is 0 Å². The minimum absolute atomic E-state index is 0.563. The zero-order chi connectivity index (χ0) is 15.9. The fourth-order valence-electron chi connectivity index (χ4n) is 2.89. The number of nitrogens with zero attached hydrogens (tertiary/aromatic N) is 3. The van der Waals surface area contributed by atoms with Gasteiger partial charge in [-0.05, 0) is 30.5 Å². The highest BCUT2D eigenvalue weighted by Gasteiger charge is 2.11. The Labute approximate surface area is 137 Å². The summed E-state index contributed by atoms with van der Waals surface area (Å²) in [6, 6.07) is 8.10. The first-order chi connectivity index (χ1) is 11.3. The number of hydrogen-bond acceptors (Lipinski definition) is 5. The van der Waals surface area contributed by atoms with Crippen molar-refractivity contribution < 1.29 is 0 Å². The highest BCUT2D eigenvalue weighted by Crippen LogP contribution is 2.19. The van der Waals surface area contributed by atoms with Crippen LogP contribution in [0.25, 0.3) is 0 Å². The summed E-state index contributed by atoms with van der Waals surface area (Å²) in [7, 11) is 0. The molecule has 1 saturated heterocycles. The van der Waals surface area contributed by atoms with E-state index in [9.17, 15) is 0 Å². The average Bonchev–Trinajstić information content (AvgIpc) is 2.56. The molecule has 0 saturated carbocycles. The van der Waals surface area contributed by atoms with E-state index in [0.29, 0.717) is 6.54 Å². The Morgan fingerprint density at radius 3 is 2.09 bits per heavy atom. The zero-order valence-electron chi connectivity index (χ0n) is 13.5. The van der Waals surface area contributed by atoms with Gasteiger partial charge in [0.15, 0.2) is 0 Å². The van der Waals surface area contributed by atoms with Crippen molar-refractivity contribution in [2.75, 3.05) is 23.3 Å². The van der Waals surface area contributed by atoms with E-state index in [1.54, 1.807) is 0 Å². The van der Waals surface area contributed by atoms with Crippen LogP contribution in [0.4, 0.5) is 17.3 Å². The van der Waals surface area contributed by atoms with Gasteiger partial charge in [-0.25, -0.2) is 9.97 Å². The molecule has 23 heavy (non-hydrogen) atoms. The number of nitrogens with two attached hydrogens (primary N) is 1. The van der Waals surface area contributed by atoms with Crippen molar-refractivity contribution in [2.45, 2.75) is 38.6 Å². The van der Waals surface area contributed by atoms with Crippen LogP contribution >= 0.6 is 0 Å². The molecule has 1 aliphatic heterocycles. The Morgan fingerprint density at radius 1 is 0.870 bits per heavy atom. The monoisotopic (exact) mass is 311 g/mol. The molecule has 3 N–H and O–H groups in total. The van der Waals surface area contributed by atoms with E-state index in [1.807, 2.05) is 36.7 Å². The van der Waals surface area contributed by atoms with Gasteiger partial charge >= 0.3 is 0 Å². The SMILES string of the molecule is NCc1ccc(Nc2cnc(N3CCCCCCC3)nc2)cc1. The van der Waals surface area contributed by atoms with Crippen LogP contribution in [0.15, 0.2) is 36.7 Å². The van der Waals surface area contributed by atoms with E-state index >= 15 is 0 Å². The molecule has 5 heteroatoms. The van der Waals surface area contributed by atoms with Gasteiger partial charge in [-0.3, -0.25) is 0 Å². The molecule has 5 nitrogen and oxygen atoms in total. The summed E-state index contributed by atoms with van der Waals surface area (Å²) in [4.78, 5) is 11.4. The van der Waals surface area contributed by atoms with Crippen molar-refractivity contribution in [1.82, 2.24) is 9.97 Å². The Kier molecular flexibility index (Phi) is 5.42. The molecule has 0 bridgehead atoms. The molecule has 0 aliphatic carbocycles. The predicted molar refractivity (Wildman–Crippen MR) is 94.9 cm³/mol. The second-order valence-electron chi connectivity index (χ2n) is 6.05. The van der Waals surface area contributed by atoms with Gasteiger partial charge in [0, 0.05) is 25.3 Å². The standard InChI is InChI=1S/C18H25N5/c19-12-15-6-8-16(9-7-15)22-17-13-20-18(21-14-17)23-10-4-2-1-3-5-11-23/h6-9,13-14,22H,1-5,10-12,19H2. The molecule has 0 spiro atoms. The molecule has 2 aromatic rings. The van der Waals surface area contributed by atoms with Crippen LogP contribution in [0, 0.1) is 0 Å². The quantitative estimate of drug-likeness (QED) is 0.905. The normalized spacial score (nSPS) is 15.8. The molecule has 3 rings (SSSR count). The number of hydrogen-bond donors (Lipinski definition) is 2. The summed E-state index contributed by atoms with van der Waals surface area (Å²) in [6.07, 6.45) is 10.2. The molecule has 2 heterocycles. The van der Waals surface area contributed by atoms with Gasteiger partial charge in [0.2, 0.25) is 5.95 Å². The van der Waals surface area contributed by atoms with Gasteiger partial charge in [-0.1, -0.05) is 31.4 Å². The summed E-state index contributed by atoms with van der Waals surface area (Å²) < 4.78 is 0. The summed E-state index contributed by atoms with van der Waals surface area (Å²) in [6.45, 7) is 2.69. The fourth-order valence-corrected chi connectivity index (χ4v) is 2.89. The van der Waals surface area contributed by atoms with Crippen LogP contribution in [0.2, 0.25) is 0 Å². The minimum atomic E-state index is 0.563. The molecule has 0 radical (unpaired) electrons. The third-order valence-corrected chi connectivity index (χ3v) is 4.26. The van der Waals surface area contributed by atoms with Crippen LogP contribution in [-0.2, 0) is 6.54 Å². The molecular weight excluding hydrogens is 286 g/mol. The third-order valence-electron chi connectivity index (χ3n) is 4.26. The van der Waals surface area contributed by atoms with Crippen molar-refractivity contribution in [1.29, 1.82) is 0 Å². The lowest BCUT2D eigenvalue weighted by molar-refractivity contribution is 0.550. The number of rotatable bonds is 4. The van der Waals surface area contributed by atoms with Crippen molar-refractivity contribution >= 4 is 17.3 Å². The lowest BCUT2D eigenvalue weighted by Gasteiger charge is -2.24. The van der Waals surface area contributed by atoms with Gasteiger partial charge in [0.25, 0.3) is 0 Å². The first kappa shape index (κ1) is 15.7. The van der Waals surface area contributed by atoms with E-state index in [2.05, 4.69) is 20.2 Å². The Balaban J connectivity index is 1.63. The Morgan fingerprint density at radius 2 is 1.48 bits per heavy atom. The molecule has 0 amide bonds. The maximum atomic E-state index is 5.62. The van der Waals surface area contributed by atoms with Crippen LogP contribution < -0.4 is 16.0 Å². The lowest BCUT2D eigenvalue weighted by atomic mass is 10.1. The molecule has 122 valence electrons. The molecule has 1 aromatic carbocycles. The maximum Gasteiger partial charge on any atom is 0.225 e. The van der Waals surface area contributed by atoms with Crippen LogP contribution in [0.3, 0.4) is 0 Å². The van der Waals surface area contributed by atoms with E-state index < -0.39 is 0 Å². The molecule has 1 fully saturated rings. The summed E-state index contributed by atoms with van der Waals surface area (Å²) >= 11 is 0. The number of nitrogens with one attached hydrogen (secondary N) is 1. The lowest BCUT2D eigenvalue weighted by Crippen LogP contribution is -2.28. The molecule has 0 unspecified atom stereocenters. The first-order valence-corrected chi connectivity index (χ1v) is 8.48. The highest BCUT2D eigenvalue weighted by atomic mass is 15.2. The Hall–Kier alpha value is -2.14. The van der Waals surface area contributed by atoms with E-state index in [4.69, 9.17) is 5.73 Å². The van der Waals surface area contributed by atoms with Gasteiger partial charge in [0.1, 0.15) is 0 Å². The minimum Gasteiger partial charge on any atom is -0.353 e. The van der Waals surface area contributed by atoms with E-state index in [-0.39, 0.29) is 0 Å². The van der Waals surface area contributed by atoms with E-state index in [1.165, 1.54) is 32.1 Å². The fraction of sp³-hybridized carbons (Fsp3) is 0.444. The maximum absolute atomic E-state index is 5.62. The van der Waals surface area contributed by atoms with Crippen LogP contribution in [-0.4, -0.2) is 23.1 Å². The predicted octanol–water partition coefficient (Wildman–Crippen LogP) is 3.45. The molecule has 0 atom stereocenters. The number of aromatic nitrogens is 2. The summed E-state index contributed by atoms with van der Waals surface area (Å²) in [5, 5.41) is 3.32. The topological polar surface area (TPSA) is 67.1 Å². The zero-order valence-corrected chi connectivity index (χ0v) is 13.5. The number of anilines is 3. The van der Waals surface area contributed by atoms with Gasteiger partial charge in [0.05, 0.1) is 18.1 Å². The Bertz CT molecular complexity index is 586. The van der Waals surface area contributed by atoms with Gasteiger partial charge < -0.3 is 16.0 Å². The summed E-state index contributed by atoms with van der Waals surface area (Å²) in [5.41, 5.74) is 8.66. The third kappa shape index (κ3) is 4.42. The largest absolute Gasteiger partial charge is 0.353 e. The number of benzene rings is 1. The molecule has 1 aliphatic rings. The first-order valence-electron chi connectivity index (χ1n) is 8.48. The highest BCUT2D eigenvalue weighted by molar-refractivity contribution is 5.58. The van der Waals surface area contributed by atoms with E-state index in [0.717, 1.165) is 36.0 Å². The van der Waals surface area contributed by atoms with Crippen LogP contribution in [0.1, 0.15) is 37.7 Å². The van der Waals surface area contributed by atoms with Crippen LogP contribution in [0.5, 0.6) is 0 Å². The second kappa shape index (κ2) is 7.92. The van der Waals surface area contributed by atoms with Crippen molar-refractivity contribution in [3.05, 3.63) is 42.2 Å². The van der Waals surface area contributed by atoms with Crippen molar-refractivity contribution in [2.24, 2.45) is 5.73 Å². The van der Waals surface area contributed by atoms with Gasteiger partial charge in [-0.2, -0.15) is 0 Å². The molecule has 1 aromatic heterocycles. The molecular formula is C18H25N5. The van der Waals surface area contributed by atoms with Crippen molar-refractivity contribution in [3.63, 3.8) is 0 Å². The smallest absolute Gasteiger partial charge is 0.225 e. The van der Waals surface area contributed by atoms with Gasteiger partial charge in [-0.15, -0.1) is 0 Å². The average molecular weight is 311 g/mol. The second-order valence-corrected chi connectivity index (χ2v) is 6.05. The summed E-state index contributed by atoms with van der Waals surface area (Å²) in [5.74, 6) is 0.843.